The van der Waals surface area contributed by atoms with Crippen molar-refractivity contribution in [2.24, 2.45) is 12.5 Å². The molecule has 1 aliphatic rings. The summed E-state index contributed by atoms with van der Waals surface area (Å²) in [5, 5.41) is 1.91. The van der Waals surface area contributed by atoms with Crippen LogP contribution in [-0.4, -0.2) is 35.3 Å². The number of halogens is 3. The van der Waals surface area contributed by atoms with Gasteiger partial charge in [-0.1, -0.05) is 18.5 Å². The minimum atomic E-state index is -1.21. The predicted octanol–water partition coefficient (Wildman–Crippen LogP) is 3.39. The van der Waals surface area contributed by atoms with Crippen molar-refractivity contribution in [3.63, 3.8) is 0 Å². The van der Waals surface area contributed by atoms with Gasteiger partial charge < -0.3 is 14.6 Å². The number of carbonyl (C=O) groups is 3. The molecule has 0 bridgehead atoms. The van der Waals surface area contributed by atoms with Crippen molar-refractivity contribution in [1.82, 2.24) is 4.57 Å². The molecule has 9 heteroatoms. The lowest BCUT2D eigenvalue weighted by Gasteiger charge is -2.37. The van der Waals surface area contributed by atoms with E-state index in [1.54, 1.807) is 0 Å². The maximum atomic E-state index is 13.4. The number of hydrogen-bond acceptors (Lipinski definition) is 4. The molecule has 0 spiro atoms. The van der Waals surface area contributed by atoms with Crippen LogP contribution in [0.15, 0.2) is 24.4 Å². The number of ether oxygens (including phenoxy) is 1. The fourth-order valence-corrected chi connectivity index (χ4v) is 3.13. The lowest BCUT2D eigenvalue weighted by atomic mass is 9.82. The summed E-state index contributed by atoms with van der Waals surface area (Å²) in [5.41, 5.74) is -0.245. The number of amides is 1. The number of Topliss-reactive ketones (excluding diaryl/α,β-unsaturated/α-hetero) is 2. The average Bonchev–Trinajstić information content (AvgIpc) is 2.99. The first kappa shape index (κ1) is 20.2. The van der Waals surface area contributed by atoms with Gasteiger partial charge in [0.1, 0.15) is 5.69 Å². The lowest BCUT2D eigenvalue weighted by Crippen LogP contribution is -2.42. The number of nitrogens with zero attached hydrogens (tertiary/aromatic N) is 1. The van der Waals surface area contributed by atoms with E-state index in [-0.39, 0.29) is 28.8 Å². The van der Waals surface area contributed by atoms with E-state index in [0.717, 1.165) is 12.1 Å². The Hall–Kier alpha value is -2.58. The van der Waals surface area contributed by atoms with Crippen LogP contribution in [0, 0.1) is 17.0 Å². The first-order valence-corrected chi connectivity index (χ1v) is 8.75. The Morgan fingerprint density at radius 2 is 1.93 bits per heavy atom. The molecular formula is C19H17ClF2N2O4. The summed E-state index contributed by atoms with van der Waals surface area (Å²) in [6.07, 6.45) is 1.43. The van der Waals surface area contributed by atoms with Crippen molar-refractivity contribution < 1.29 is 27.9 Å². The number of aryl methyl sites for hydroxylation is 1. The summed E-state index contributed by atoms with van der Waals surface area (Å²) >= 11 is 5.57. The normalized spacial score (nSPS) is 15.0. The van der Waals surface area contributed by atoms with Crippen molar-refractivity contribution in [1.29, 1.82) is 0 Å². The number of benzene rings is 1. The highest BCUT2D eigenvalue weighted by Crippen LogP contribution is 2.31. The Balaban J connectivity index is 1.75. The van der Waals surface area contributed by atoms with Crippen LogP contribution in [0.4, 0.5) is 14.5 Å². The summed E-state index contributed by atoms with van der Waals surface area (Å²) in [6, 6.07) is 3.13. The van der Waals surface area contributed by atoms with Gasteiger partial charge in [-0.05, 0) is 12.1 Å². The van der Waals surface area contributed by atoms with E-state index in [1.807, 2.05) is 6.92 Å². The van der Waals surface area contributed by atoms with Gasteiger partial charge in [-0.25, -0.2) is 8.78 Å². The molecule has 6 nitrogen and oxygen atoms in total. The smallest absolute Gasteiger partial charge is 0.272 e. The third-order valence-electron chi connectivity index (χ3n) is 4.48. The molecule has 1 amide bonds. The highest BCUT2D eigenvalue weighted by atomic mass is 35.5. The van der Waals surface area contributed by atoms with Gasteiger partial charge in [-0.2, -0.15) is 0 Å². The number of hydrogen-bond donors (Lipinski definition) is 1. The first-order valence-electron chi connectivity index (χ1n) is 8.37. The zero-order valence-corrected chi connectivity index (χ0v) is 15.9. The summed E-state index contributed by atoms with van der Waals surface area (Å²) < 4.78 is 33.1. The number of aromatic nitrogens is 1. The minimum absolute atomic E-state index is 0.0445. The molecule has 2 aromatic rings. The SMILES string of the molecule is Cn1cc(C(=O)C(=O)CC2(C)COC2)cc1C(=O)Nc1cc(F)c(F)c(Cl)c1. The van der Waals surface area contributed by atoms with Crippen molar-refractivity contribution in [2.75, 3.05) is 18.5 Å². The fraction of sp³-hybridized carbons (Fsp3) is 0.316. The third kappa shape index (κ3) is 3.98. The molecule has 0 saturated carbocycles. The molecular weight excluding hydrogens is 394 g/mol. The van der Waals surface area contributed by atoms with Crippen molar-refractivity contribution in [3.8, 4) is 0 Å². The number of ketones is 2. The molecule has 0 atom stereocenters. The Labute approximate surface area is 164 Å². The van der Waals surface area contributed by atoms with Crippen LogP contribution in [0.5, 0.6) is 0 Å². The third-order valence-corrected chi connectivity index (χ3v) is 4.76. The molecule has 3 rings (SSSR count). The van der Waals surface area contributed by atoms with Gasteiger partial charge >= 0.3 is 0 Å². The maximum absolute atomic E-state index is 13.4. The second kappa shape index (κ2) is 7.44. The van der Waals surface area contributed by atoms with Gasteiger partial charge in [-0.3, -0.25) is 14.4 Å². The van der Waals surface area contributed by atoms with Gasteiger partial charge in [0.05, 0.1) is 18.2 Å². The van der Waals surface area contributed by atoms with Crippen molar-refractivity contribution in [3.05, 3.63) is 52.3 Å². The van der Waals surface area contributed by atoms with Gasteiger partial charge in [0.25, 0.3) is 5.91 Å². The van der Waals surface area contributed by atoms with Gasteiger partial charge in [0.2, 0.25) is 11.6 Å². The number of anilines is 1. The van der Waals surface area contributed by atoms with Gasteiger partial charge in [-0.15, -0.1) is 0 Å². The lowest BCUT2D eigenvalue weighted by molar-refractivity contribution is -0.133. The zero-order valence-electron chi connectivity index (χ0n) is 15.1. The van der Waals surface area contributed by atoms with E-state index in [1.165, 1.54) is 23.9 Å². The van der Waals surface area contributed by atoms with Crippen LogP contribution in [-0.2, 0) is 16.6 Å². The molecule has 28 heavy (non-hydrogen) atoms. The number of nitrogens with one attached hydrogen (secondary N) is 1. The molecule has 1 saturated heterocycles. The summed E-state index contributed by atoms with van der Waals surface area (Å²) in [7, 11) is 1.52. The monoisotopic (exact) mass is 410 g/mol. The van der Waals surface area contributed by atoms with E-state index in [4.69, 9.17) is 16.3 Å². The molecule has 0 radical (unpaired) electrons. The van der Waals surface area contributed by atoms with Crippen LogP contribution in [0.1, 0.15) is 34.2 Å². The molecule has 1 N–H and O–H groups in total. The van der Waals surface area contributed by atoms with Crippen LogP contribution < -0.4 is 5.32 Å². The molecule has 148 valence electrons. The predicted molar refractivity (Wildman–Crippen MR) is 97.6 cm³/mol. The molecule has 0 unspecified atom stereocenters. The topological polar surface area (TPSA) is 77.4 Å². The summed E-state index contributed by atoms with van der Waals surface area (Å²) in [6.45, 7) is 2.70. The van der Waals surface area contributed by atoms with E-state index < -0.39 is 34.1 Å². The maximum Gasteiger partial charge on any atom is 0.272 e. The van der Waals surface area contributed by atoms with Crippen LogP contribution in [0.3, 0.4) is 0 Å². The molecule has 0 aliphatic carbocycles. The highest BCUT2D eigenvalue weighted by Gasteiger charge is 2.37. The van der Waals surface area contributed by atoms with E-state index in [2.05, 4.69) is 5.32 Å². The van der Waals surface area contributed by atoms with E-state index in [9.17, 15) is 23.2 Å². The standard InChI is InChI=1S/C19H17ClF2N2O4/c1-19(8-28-9-19)6-15(25)17(26)10-3-14(24(2)7-10)18(27)23-11-4-12(20)16(22)13(21)5-11/h3-5,7H,6,8-9H2,1-2H3,(H,23,27). The van der Waals surface area contributed by atoms with Crippen LogP contribution in [0.2, 0.25) is 5.02 Å². The Morgan fingerprint density at radius 3 is 2.50 bits per heavy atom. The van der Waals surface area contributed by atoms with Gasteiger partial charge in [0.15, 0.2) is 11.6 Å². The Kier molecular flexibility index (Phi) is 5.36. The van der Waals surface area contributed by atoms with E-state index in [0.29, 0.717) is 13.2 Å². The van der Waals surface area contributed by atoms with Crippen molar-refractivity contribution in [2.45, 2.75) is 13.3 Å². The Morgan fingerprint density at radius 1 is 1.25 bits per heavy atom. The van der Waals surface area contributed by atoms with Crippen LogP contribution >= 0.6 is 11.6 Å². The molecule has 2 heterocycles. The molecule has 1 aromatic carbocycles. The summed E-state index contributed by atoms with van der Waals surface area (Å²) in [4.78, 5) is 37.1. The van der Waals surface area contributed by atoms with Gasteiger partial charge in [0, 0.05) is 42.4 Å². The molecule has 1 fully saturated rings. The zero-order chi connectivity index (χ0) is 20.6. The number of carbonyl (C=O) groups excluding carboxylic acids is 3. The second-order valence-electron chi connectivity index (χ2n) is 7.17. The summed E-state index contributed by atoms with van der Waals surface area (Å²) in [5.74, 6) is -4.34. The van der Waals surface area contributed by atoms with E-state index >= 15 is 0 Å². The number of rotatable bonds is 6. The quantitative estimate of drug-likeness (QED) is 0.450. The Bertz CT molecular complexity index is 959. The largest absolute Gasteiger partial charge is 0.380 e. The van der Waals surface area contributed by atoms with Crippen molar-refractivity contribution >= 4 is 34.8 Å². The minimum Gasteiger partial charge on any atom is -0.380 e. The average molecular weight is 411 g/mol. The molecule has 1 aromatic heterocycles. The van der Waals surface area contributed by atoms with Crippen LogP contribution in [0.25, 0.3) is 0 Å². The molecule has 1 aliphatic heterocycles. The highest BCUT2D eigenvalue weighted by molar-refractivity contribution is 6.44. The fourth-order valence-electron chi connectivity index (χ4n) is 2.92. The second-order valence-corrected chi connectivity index (χ2v) is 7.57. The first-order chi connectivity index (χ1) is 13.1.